The van der Waals surface area contributed by atoms with E-state index in [1.54, 1.807) is 7.11 Å². The Balaban J connectivity index is 1.27. The number of nitrogens with zero attached hydrogens (tertiary/aromatic N) is 4. The third-order valence-corrected chi connectivity index (χ3v) is 7.07. The molecule has 2 aromatic rings. The minimum Gasteiger partial charge on any atom is -0.493 e. The van der Waals surface area contributed by atoms with Crippen molar-refractivity contribution >= 4 is 11.8 Å². The normalized spacial score (nSPS) is 18.9. The number of nitrogens with one attached hydrogen (secondary N) is 1. The third kappa shape index (κ3) is 7.72. The Kier molecular flexibility index (Phi) is 9.87. The van der Waals surface area contributed by atoms with Crippen molar-refractivity contribution in [2.75, 3.05) is 50.1 Å². The van der Waals surface area contributed by atoms with Gasteiger partial charge in [0.05, 0.1) is 13.7 Å². The minimum absolute atomic E-state index is 0.363. The number of methoxy groups -OCH3 is 1. The van der Waals surface area contributed by atoms with Crippen molar-refractivity contribution in [3.8, 4) is 11.5 Å². The summed E-state index contributed by atoms with van der Waals surface area (Å²) in [6.45, 7) is 8.11. The molecule has 0 saturated carbocycles. The highest BCUT2D eigenvalue weighted by molar-refractivity contribution is 5.44. The van der Waals surface area contributed by atoms with Gasteiger partial charge in [-0.2, -0.15) is 4.98 Å². The van der Waals surface area contributed by atoms with Crippen LogP contribution in [0.1, 0.15) is 70.3 Å². The van der Waals surface area contributed by atoms with E-state index in [4.69, 9.17) is 14.5 Å². The molecule has 1 unspecified atom stereocenters. The molecule has 1 aromatic heterocycles. The first kappa shape index (κ1) is 25.5. The molecule has 1 atom stereocenters. The summed E-state index contributed by atoms with van der Waals surface area (Å²) in [5, 5.41) is 3.59. The molecule has 0 bridgehead atoms. The van der Waals surface area contributed by atoms with E-state index < -0.39 is 0 Å². The Hall–Kier alpha value is -2.54. The second-order valence-electron chi connectivity index (χ2n) is 9.90. The number of unbranched alkanes of at least 4 members (excludes halogenated alkanes) is 3. The molecule has 7 nitrogen and oxygen atoms in total. The zero-order valence-corrected chi connectivity index (χ0v) is 21.7. The van der Waals surface area contributed by atoms with Gasteiger partial charge in [0.2, 0.25) is 5.95 Å². The van der Waals surface area contributed by atoms with Gasteiger partial charge in [-0.25, -0.2) is 4.98 Å². The van der Waals surface area contributed by atoms with Crippen LogP contribution >= 0.6 is 0 Å². The SMILES string of the molecule is CCCCCCOc1ccc(CN2CCC(Nc3nccc(N4CCCCCC4)n3)C2)cc1OC. The molecule has 1 aromatic carbocycles. The smallest absolute Gasteiger partial charge is 0.224 e. The molecule has 2 fully saturated rings. The highest BCUT2D eigenvalue weighted by Gasteiger charge is 2.24. The fourth-order valence-electron chi connectivity index (χ4n) is 5.07. The van der Waals surface area contributed by atoms with E-state index in [2.05, 4.69) is 45.2 Å². The number of aromatic nitrogens is 2. The molecule has 0 spiro atoms. The Bertz CT molecular complexity index is 901. The lowest BCUT2D eigenvalue weighted by atomic mass is 10.2. The molecule has 7 heteroatoms. The number of likely N-dealkylation sites (tertiary alicyclic amines) is 1. The van der Waals surface area contributed by atoms with Gasteiger partial charge in [-0.15, -0.1) is 0 Å². The highest BCUT2D eigenvalue weighted by Crippen LogP contribution is 2.29. The van der Waals surface area contributed by atoms with Crippen LogP contribution in [-0.2, 0) is 6.54 Å². The number of rotatable bonds is 12. The first-order chi connectivity index (χ1) is 17.2. The van der Waals surface area contributed by atoms with E-state index in [9.17, 15) is 0 Å². The van der Waals surface area contributed by atoms with E-state index in [0.717, 1.165) is 75.4 Å². The van der Waals surface area contributed by atoms with Crippen LogP contribution in [0.4, 0.5) is 11.8 Å². The third-order valence-electron chi connectivity index (χ3n) is 7.07. The summed E-state index contributed by atoms with van der Waals surface area (Å²) in [5.74, 6) is 3.47. The van der Waals surface area contributed by atoms with Gasteiger partial charge in [-0.1, -0.05) is 45.1 Å². The molecule has 192 valence electrons. The van der Waals surface area contributed by atoms with Gasteiger partial charge in [0, 0.05) is 45.0 Å². The summed E-state index contributed by atoms with van der Waals surface area (Å²) in [6, 6.07) is 8.75. The van der Waals surface area contributed by atoms with Crippen LogP contribution in [0.3, 0.4) is 0 Å². The lowest BCUT2D eigenvalue weighted by Crippen LogP contribution is -2.28. The molecule has 0 amide bonds. The van der Waals surface area contributed by atoms with E-state index in [1.165, 1.54) is 50.5 Å². The van der Waals surface area contributed by atoms with Gasteiger partial charge in [0.25, 0.3) is 0 Å². The quantitative estimate of drug-likeness (QED) is 0.401. The predicted molar refractivity (Wildman–Crippen MR) is 143 cm³/mol. The maximum atomic E-state index is 5.98. The molecule has 2 aliphatic rings. The van der Waals surface area contributed by atoms with Gasteiger partial charge >= 0.3 is 0 Å². The van der Waals surface area contributed by atoms with Crippen molar-refractivity contribution in [1.82, 2.24) is 14.9 Å². The number of hydrogen-bond acceptors (Lipinski definition) is 7. The number of hydrogen-bond donors (Lipinski definition) is 1. The molecule has 1 N–H and O–H groups in total. The zero-order valence-electron chi connectivity index (χ0n) is 21.7. The van der Waals surface area contributed by atoms with Gasteiger partial charge in [-0.3, -0.25) is 4.90 Å². The second-order valence-corrected chi connectivity index (χ2v) is 9.90. The summed E-state index contributed by atoms with van der Waals surface area (Å²) in [7, 11) is 1.72. The fraction of sp³-hybridized carbons (Fsp3) is 0.643. The van der Waals surface area contributed by atoms with E-state index in [0.29, 0.717) is 6.04 Å². The molecule has 2 saturated heterocycles. The molecular weight excluding hydrogens is 438 g/mol. The lowest BCUT2D eigenvalue weighted by Gasteiger charge is -2.22. The standard InChI is InChI=1S/C28H43N5O2/c1-3-4-5-10-19-35-25-12-11-23(20-26(25)34-2)21-32-18-14-24(22-32)30-28-29-15-13-27(31-28)33-16-8-6-7-9-17-33/h11-13,15,20,24H,3-10,14,16-19,21-22H2,1-2H3,(H,29,30,31). The average Bonchev–Trinajstić information content (AvgIpc) is 3.13. The van der Waals surface area contributed by atoms with Crippen LogP contribution in [0, 0.1) is 0 Å². The second kappa shape index (κ2) is 13.5. The van der Waals surface area contributed by atoms with Gasteiger partial charge in [0.1, 0.15) is 5.82 Å². The van der Waals surface area contributed by atoms with E-state index in [1.807, 2.05) is 12.3 Å². The van der Waals surface area contributed by atoms with Crippen molar-refractivity contribution in [2.45, 2.75) is 77.3 Å². The topological polar surface area (TPSA) is 62.8 Å². The molecule has 3 heterocycles. The molecule has 0 aliphatic carbocycles. The zero-order chi connectivity index (χ0) is 24.3. The van der Waals surface area contributed by atoms with Gasteiger partial charge in [0.15, 0.2) is 11.5 Å². The molecule has 4 rings (SSSR count). The van der Waals surface area contributed by atoms with Crippen molar-refractivity contribution < 1.29 is 9.47 Å². The summed E-state index contributed by atoms with van der Waals surface area (Å²) in [4.78, 5) is 14.2. The molecule has 0 radical (unpaired) electrons. The Morgan fingerprint density at radius 1 is 1.00 bits per heavy atom. The monoisotopic (exact) mass is 481 g/mol. The number of ether oxygens (including phenoxy) is 2. The van der Waals surface area contributed by atoms with Crippen LogP contribution in [0.25, 0.3) is 0 Å². The largest absolute Gasteiger partial charge is 0.493 e. The average molecular weight is 482 g/mol. The first-order valence-corrected chi connectivity index (χ1v) is 13.6. The summed E-state index contributed by atoms with van der Waals surface area (Å²) >= 11 is 0. The summed E-state index contributed by atoms with van der Waals surface area (Å²) < 4.78 is 11.6. The lowest BCUT2D eigenvalue weighted by molar-refractivity contribution is 0.284. The Morgan fingerprint density at radius 2 is 1.86 bits per heavy atom. The molecule has 2 aliphatic heterocycles. The minimum atomic E-state index is 0.363. The van der Waals surface area contributed by atoms with Crippen LogP contribution < -0.4 is 19.7 Å². The van der Waals surface area contributed by atoms with E-state index in [-0.39, 0.29) is 0 Å². The molecule has 35 heavy (non-hydrogen) atoms. The maximum Gasteiger partial charge on any atom is 0.224 e. The van der Waals surface area contributed by atoms with Crippen molar-refractivity contribution in [1.29, 1.82) is 0 Å². The first-order valence-electron chi connectivity index (χ1n) is 13.6. The Labute approximate surface area is 211 Å². The summed E-state index contributed by atoms with van der Waals surface area (Å²) in [5.41, 5.74) is 1.25. The van der Waals surface area contributed by atoms with E-state index >= 15 is 0 Å². The summed E-state index contributed by atoms with van der Waals surface area (Å²) in [6.07, 6.45) is 12.9. The number of anilines is 2. The van der Waals surface area contributed by atoms with Gasteiger partial charge < -0.3 is 19.7 Å². The Morgan fingerprint density at radius 3 is 2.66 bits per heavy atom. The fourth-order valence-corrected chi connectivity index (χ4v) is 5.07. The highest BCUT2D eigenvalue weighted by atomic mass is 16.5. The van der Waals surface area contributed by atoms with Crippen LogP contribution in [0.2, 0.25) is 0 Å². The van der Waals surface area contributed by atoms with Crippen molar-refractivity contribution in [2.24, 2.45) is 0 Å². The molecular formula is C28H43N5O2. The maximum absolute atomic E-state index is 5.98. The van der Waals surface area contributed by atoms with Crippen molar-refractivity contribution in [3.63, 3.8) is 0 Å². The van der Waals surface area contributed by atoms with Crippen LogP contribution in [0.5, 0.6) is 11.5 Å². The van der Waals surface area contributed by atoms with Gasteiger partial charge in [-0.05, 0) is 49.4 Å². The van der Waals surface area contributed by atoms with Crippen LogP contribution in [-0.4, -0.2) is 60.8 Å². The van der Waals surface area contributed by atoms with Crippen molar-refractivity contribution in [3.05, 3.63) is 36.0 Å². The predicted octanol–water partition coefficient (Wildman–Crippen LogP) is 5.51. The van der Waals surface area contributed by atoms with Crippen LogP contribution in [0.15, 0.2) is 30.5 Å². The number of benzene rings is 1.